The smallest absolute Gasteiger partial charge is 0.326 e. The highest BCUT2D eigenvalue weighted by molar-refractivity contribution is 7.80. The van der Waals surface area contributed by atoms with Crippen molar-refractivity contribution in [1.82, 2.24) is 10.6 Å². The van der Waals surface area contributed by atoms with Gasteiger partial charge in [-0.05, 0) is 5.92 Å². The van der Waals surface area contributed by atoms with E-state index < -0.39 is 48.3 Å². The van der Waals surface area contributed by atoms with Crippen molar-refractivity contribution in [2.75, 3.05) is 5.75 Å². The molecule has 0 aliphatic heterocycles. The number of carbonyl (C=O) groups is 4. The average Bonchev–Trinajstić information content (AvgIpc) is 2.41. The molecule has 0 saturated heterocycles. The minimum absolute atomic E-state index is 0.0954. The molecule has 0 unspecified atom stereocenters. The highest BCUT2D eigenvalue weighted by Crippen LogP contribution is 2.01. The Kier molecular flexibility index (Phi) is 8.50. The lowest BCUT2D eigenvalue weighted by Crippen LogP contribution is -2.56. The van der Waals surface area contributed by atoms with E-state index in [-0.39, 0.29) is 11.7 Å². The highest BCUT2D eigenvalue weighted by Gasteiger charge is 2.29. The number of hydrogen-bond donors (Lipinski definition) is 6. The molecule has 2 amide bonds. The van der Waals surface area contributed by atoms with Crippen molar-refractivity contribution in [2.45, 2.75) is 38.4 Å². The second-order valence-corrected chi connectivity index (χ2v) is 5.38. The van der Waals surface area contributed by atoms with Crippen LogP contribution < -0.4 is 16.4 Å². The molecule has 0 aromatic rings. The fourth-order valence-corrected chi connectivity index (χ4v) is 1.67. The van der Waals surface area contributed by atoms with E-state index in [1.807, 2.05) is 5.32 Å². The van der Waals surface area contributed by atoms with Crippen LogP contribution in [-0.4, -0.2) is 57.8 Å². The lowest BCUT2D eigenvalue weighted by Gasteiger charge is -2.22. The van der Waals surface area contributed by atoms with E-state index >= 15 is 0 Å². The van der Waals surface area contributed by atoms with Gasteiger partial charge in [0.25, 0.3) is 0 Å². The van der Waals surface area contributed by atoms with E-state index in [0.717, 1.165) is 0 Å². The van der Waals surface area contributed by atoms with Gasteiger partial charge in [-0.1, -0.05) is 13.8 Å². The number of carbonyl (C=O) groups excluding carboxylic acids is 2. The lowest BCUT2D eigenvalue weighted by atomic mass is 10.0. The van der Waals surface area contributed by atoms with Gasteiger partial charge in [-0.25, -0.2) is 4.79 Å². The third kappa shape index (κ3) is 6.76. The number of thiol groups is 1. The summed E-state index contributed by atoms with van der Waals surface area (Å²) in [6, 6.07) is -3.54. The van der Waals surface area contributed by atoms with Crippen molar-refractivity contribution in [3.63, 3.8) is 0 Å². The summed E-state index contributed by atoms with van der Waals surface area (Å²) >= 11 is 3.91. The molecule has 6 N–H and O–H groups in total. The molecule has 0 radical (unpaired) electrons. The third-order valence-corrected chi connectivity index (χ3v) is 3.20. The molecule has 126 valence electrons. The minimum Gasteiger partial charge on any atom is -0.481 e. The Morgan fingerprint density at radius 1 is 1.05 bits per heavy atom. The summed E-state index contributed by atoms with van der Waals surface area (Å²) in [5.41, 5.74) is 5.64. The van der Waals surface area contributed by atoms with E-state index in [4.69, 9.17) is 15.9 Å². The molecule has 0 aliphatic rings. The Balaban J connectivity index is 4.80. The number of hydrogen-bond acceptors (Lipinski definition) is 6. The predicted molar refractivity (Wildman–Crippen MR) is 80.4 cm³/mol. The Bertz CT molecular complexity index is 443. The maximum atomic E-state index is 11.9. The molecular weight excluding hydrogens is 314 g/mol. The molecule has 0 aromatic heterocycles. The largest absolute Gasteiger partial charge is 0.481 e. The van der Waals surface area contributed by atoms with Crippen LogP contribution in [0.1, 0.15) is 20.3 Å². The van der Waals surface area contributed by atoms with Crippen molar-refractivity contribution >= 4 is 36.4 Å². The maximum Gasteiger partial charge on any atom is 0.326 e. The standard InChI is InChI=1S/C12H21N3O6S/c1-5(2)9(13)11(19)15-7(4-22)10(18)14-6(12(20)21)3-8(16)17/h5-7,9,22H,3-4,13H2,1-2H3,(H,14,18)(H,15,19)(H,16,17)(H,20,21)/t6-,7-,9-/m0/s1. The Hall–Kier alpha value is -1.81. The van der Waals surface area contributed by atoms with Crippen molar-refractivity contribution < 1.29 is 29.4 Å². The van der Waals surface area contributed by atoms with Gasteiger partial charge in [-0.15, -0.1) is 0 Å². The van der Waals surface area contributed by atoms with Crippen molar-refractivity contribution in [2.24, 2.45) is 11.7 Å². The van der Waals surface area contributed by atoms with E-state index in [0.29, 0.717) is 0 Å². The predicted octanol–water partition coefficient (Wildman–Crippen LogP) is -1.57. The molecule has 0 bridgehead atoms. The van der Waals surface area contributed by atoms with Crippen molar-refractivity contribution in [1.29, 1.82) is 0 Å². The fourth-order valence-electron chi connectivity index (χ4n) is 1.41. The Morgan fingerprint density at radius 2 is 1.55 bits per heavy atom. The van der Waals surface area contributed by atoms with E-state index in [1.54, 1.807) is 13.8 Å². The first-order valence-electron chi connectivity index (χ1n) is 6.51. The van der Waals surface area contributed by atoms with Crippen LogP contribution in [0.4, 0.5) is 0 Å². The van der Waals surface area contributed by atoms with Crippen LogP contribution in [0.5, 0.6) is 0 Å². The van der Waals surface area contributed by atoms with Crippen LogP contribution in [-0.2, 0) is 19.2 Å². The zero-order valence-electron chi connectivity index (χ0n) is 12.3. The summed E-state index contributed by atoms with van der Waals surface area (Å²) < 4.78 is 0. The van der Waals surface area contributed by atoms with E-state index in [1.165, 1.54) is 0 Å². The number of aliphatic carboxylic acids is 2. The Morgan fingerprint density at radius 3 is 1.91 bits per heavy atom. The Labute approximate surface area is 133 Å². The lowest BCUT2D eigenvalue weighted by molar-refractivity contribution is -0.147. The summed E-state index contributed by atoms with van der Waals surface area (Å²) in [6.07, 6.45) is -0.778. The second kappa shape index (κ2) is 9.26. The first-order valence-corrected chi connectivity index (χ1v) is 7.15. The van der Waals surface area contributed by atoms with Crippen LogP contribution >= 0.6 is 12.6 Å². The highest BCUT2D eigenvalue weighted by atomic mass is 32.1. The first-order chi connectivity index (χ1) is 10.1. The van der Waals surface area contributed by atoms with Gasteiger partial charge in [-0.3, -0.25) is 14.4 Å². The van der Waals surface area contributed by atoms with Gasteiger partial charge in [-0.2, -0.15) is 12.6 Å². The molecule has 22 heavy (non-hydrogen) atoms. The number of rotatable bonds is 9. The number of carboxylic acid groups (broad SMARTS) is 2. The normalized spacial score (nSPS) is 14.8. The monoisotopic (exact) mass is 335 g/mol. The first kappa shape index (κ1) is 20.2. The number of nitrogens with two attached hydrogens (primary N) is 1. The zero-order chi connectivity index (χ0) is 17.4. The number of nitrogens with one attached hydrogen (secondary N) is 2. The minimum atomic E-state index is -1.59. The van der Waals surface area contributed by atoms with E-state index in [9.17, 15) is 19.2 Å². The molecule has 0 rings (SSSR count). The zero-order valence-corrected chi connectivity index (χ0v) is 13.2. The van der Waals surface area contributed by atoms with E-state index in [2.05, 4.69) is 17.9 Å². The van der Waals surface area contributed by atoms with Crippen molar-refractivity contribution in [3.05, 3.63) is 0 Å². The number of amides is 2. The molecule has 0 heterocycles. The molecule has 0 spiro atoms. The van der Waals surface area contributed by atoms with Crippen LogP contribution in [0.3, 0.4) is 0 Å². The second-order valence-electron chi connectivity index (χ2n) is 5.01. The molecule has 3 atom stereocenters. The summed E-state index contributed by atoms with van der Waals surface area (Å²) in [7, 11) is 0. The molecule has 9 nitrogen and oxygen atoms in total. The molecule has 0 aromatic carbocycles. The third-order valence-electron chi connectivity index (χ3n) is 2.83. The molecular formula is C12H21N3O6S. The van der Waals surface area contributed by atoms with Gasteiger partial charge >= 0.3 is 11.9 Å². The maximum absolute atomic E-state index is 11.9. The molecule has 0 fully saturated rings. The molecule has 0 saturated carbocycles. The van der Waals surface area contributed by atoms with Gasteiger partial charge in [0.05, 0.1) is 12.5 Å². The van der Waals surface area contributed by atoms with Gasteiger partial charge in [0.2, 0.25) is 11.8 Å². The average molecular weight is 335 g/mol. The summed E-state index contributed by atoms with van der Waals surface area (Å²) in [4.78, 5) is 45.2. The van der Waals surface area contributed by atoms with Crippen LogP contribution in [0.25, 0.3) is 0 Å². The summed E-state index contributed by atoms with van der Waals surface area (Å²) in [6.45, 7) is 3.46. The van der Waals surface area contributed by atoms with Crippen LogP contribution in [0.2, 0.25) is 0 Å². The summed E-state index contributed by atoms with van der Waals surface area (Å²) in [5.74, 6) is -4.52. The number of carboxylic acids is 2. The van der Waals surface area contributed by atoms with Crippen LogP contribution in [0, 0.1) is 5.92 Å². The van der Waals surface area contributed by atoms with Gasteiger partial charge in [0.1, 0.15) is 12.1 Å². The molecule has 0 aliphatic carbocycles. The SMILES string of the molecule is CC(C)[C@H](N)C(=O)N[C@@H](CS)C(=O)N[C@@H](CC(=O)O)C(=O)O. The summed E-state index contributed by atoms with van der Waals surface area (Å²) in [5, 5.41) is 21.9. The van der Waals surface area contributed by atoms with Gasteiger partial charge in [0.15, 0.2) is 0 Å². The van der Waals surface area contributed by atoms with Gasteiger partial charge in [0, 0.05) is 5.75 Å². The van der Waals surface area contributed by atoms with Crippen molar-refractivity contribution in [3.8, 4) is 0 Å². The molecule has 10 heteroatoms. The van der Waals surface area contributed by atoms with Gasteiger partial charge < -0.3 is 26.6 Å². The van der Waals surface area contributed by atoms with Crippen LogP contribution in [0.15, 0.2) is 0 Å². The quantitative estimate of drug-likeness (QED) is 0.278. The fraction of sp³-hybridized carbons (Fsp3) is 0.667. The topological polar surface area (TPSA) is 159 Å².